The Labute approximate surface area is 500 Å². The molecule has 0 fully saturated rings. The van der Waals surface area contributed by atoms with Crippen LogP contribution >= 0.6 is 22.7 Å². The first-order valence-corrected chi connectivity index (χ1v) is 30.6. The number of thiophene rings is 2. The fourth-order valence-corrected chi connectivity index (χ4v) is 15.7. The molecule has 0 saturated carbocycles. The minimum Gasteiger partial charge on any atom is -0.310 e. The molecule has 17 rings (SSSR count). The summed E-state index contributed by atoms with van der Waals surface area (Å²) in [6, 6.07) is 114. The molecule has 0 N–H and O–H groups in total. The van der Waals surface area contributed by atoms with Crippen molar-refractivity contribution >= 4 is 140 Å². The molecule has 0 aliphatic rings. The largest absolute Gasteiger partial charge is 0.310 e. The maximum absolute atomic E-state index is 2.49. The number of para-hydroxylation sites is 3. The second-order valence-electron chi connectivity index (χ2n) is 21.9. The third-order valence-electron chi connectivity index (χ3n) is 17.1. The molecule has 0 amide bonds. The summed E-state index contributed by atoms with van der Waals surface area (Å²) in [4.78, 5) is 4.97. The van der Waals surface area contributed by atoms with E-state index >= 15 is 0 Å². The van der Waals surface area contributed by atoms with Crippen LogP contribution in [0.4, 0.5) is 34.1 Å². The lowest BCUT2D eigenvalue weighted by molar-refractivity contribution is 1.18. The van der Waals surface area contributed by atoms with Gasteiger partial charge in [0.25, 0.3) is 0 Å². The smallest absolute Gasteiger partial charge is 0.0562 e. The van der Waals surface area contributed by atoms with E-state index in [4.69, 9.17) is 0 Å². The predicted octanol–water partition coefficient (Wildman–Crippen LogP) is 23.8. The number of nitrogens with zero attached hydrogens (tertiary/aromatic N) is 3. The van der Waals surface area contributed by atoms with Crippen LogP contribution in [0, 0.1) is 0 Å². The average Bonchev–Trinajstić information content (AvgIpc) is 2.15. The lowest BCUT2D eigenvalue weighted by Gasteiger charge is -2.31. The third kappa shape index (κ3) is 8.15. The second-order valence-corrected chi connectivity index (χ2v) is 24.1. The van der Waals surface area contributed by atoms with Crippen LogP contribution in [0.25, 0.3) is 123 Å². The van der Waals surface area contributed by atoms with Crippen LogP contribution < -0.4 is 9.80 Å². The van der Waals surface area contributed by atoms with Crippen molar-refractivity contribution in [1.82, 2.24) is 4.57 Å². The van der Waals surface area contributed by atoms with Gasteiger partial charge in [0.15, 0.2) is 0 Å². The Morgan fingerprint density at radius 1 is 0.259 bits per heavy atom. The lowest BCUT2D eigenvalue weighted by atomic mass is 9.93. The van der Waals surface area contributed by atoms with Gasteiger partial charge in [-0.3, -0.25) is 0 Å². The highest BCUT2D eigenvalue weighted by molar-refractivity contribution is 7.27. The third-order valence-corrected chi connectivity index (χ3v) is 19.5. The van der Waals surface area contributed by atoms with Crippen LogP contribution in [0.1, 0.15) is 0 Å². The summed E-state index contributed by atoms with van der Waals surface area (Å²) in [5, 5.41) is 12.6. The molecule has 14 aromatic carbocycles. The van der Waals surface area contributed by atoms with Crippen molar-refractivity contribution in [2.45, 2.75) is 0 Å². The zero-order valence-electron chi connectivity index (χ0n) is 46.1. The van der Waals surface area contributed by atoms with Crippen molar-refractivity contribution in [3.8, 4) is 39.1 Å². The molecule has 0 aliphatic heterocycles. The van der Waals surface area contributed by atoms with E-state index in [0.717, 1.165) is 56.5 Å². The first kappa shape index (κ1) is 49.1. The molecule has 0 bridgehead atoms. The maximum Gasteiger partial charge on any atom is 0.0562 e. The normalized spacial score (nSPS) is 11.8. The van der Waals surface area contributed by atoms with Gasteiger partial charge in [-0.1, -0.05) is 212 Å². The molecule has 398 valence electrons. The zero-order valence-corrected chi connectivity index (χ0v) is 47.7. The van der Waals surface area contributed by atoms with E-state index in [-0.39, 0.29) is 0 Å². The average molecular weight is 1120 g/mol. The van der Waals surface area contributed by atoms with Crippen LogP contribution in [-0.2, 0) is 0 Å². The van der Waals surface area contributed by atoms with Crippen LogP contribution in [0.2, 0.25) is 0 Å². The predicted molar refractivity (Wildman–Crippen MR) is 367 cm³/mol. The first-order valence-electron chi connectivity index (χ1n) is 29.0. The van der Waals surface area contributed by atoms with Crippen LogP contribution in [0.15, 0.2) is 309 Å². The molecular formula is C80H51N3S2. The molecule has 0 unspecified atom stereocenters. The zero-order chi connectivity index (χ0) is 56.0. The molecule has 0 atom stereocenters. The Balaban J connectivity index is 0.896. The van der Waals surface area contributed by atoms with E-state index < -0.39 is 0 Å². The Hall–Kier alpha value is -10.6. The molecular weight excluding hydrogens is 1070 g/mol. The summed E-state index contributed by atoms with van der Waals surface area (Å²) < 4.78 is 7.62. The van der Waals surface area contributed by atoms with E-state index in [9.17, 15) is 0 Å². The molecule has 0 aliphatic carbocycles. The van der Waals surface area contributed by atoms with Crippen molar-refractivity contribution in [2.24, 2.45) is 0 Å². The molecule has 0 radical (unpaired) electrons. The molecule has 0 spiro atoms. The van der Waals surface area contributed by atoms with Crippen molar-refractivity contribution < 1.29 is 0 Å². The van der Waals surface area contributed by atoms with E-state index in [1.165, 1.54) is 100 Å². The lowest BCUT2D eigenvalue weighted by Crippen LogP contribution is -2.13. The van der Waals surface area contributed by atoms with E-state index in [1.807, 2.05) is 22.7 Å². The van der Waals surface area contributed by atoms with Gasteiger partial charge in [-0.2, -0.15) is 0 Å². The molecule has 5 heteroatoms. The van der Waals surface area contributed by atoms with E-state index in [2.05, 4.69) is 324 Å². The number of fused-ring (bicyclic) bond motifs is 13. The standard InChI is InChI=1S/C80H51N3S2/c1-4-20-52(21-5-1)53-36-38-57(39-37-53)81(59-42-45-70-75(50-59)83(56-24-8-3-9-25-56)74-47-46-69-67-31-15-19-35-77(67)85-80(69)79(70)74)72-32-16-12-28-64(72)65-29-13-17-33-73(65)82(60-41-44-68-66-30-14-18-34-76(66)84-78(68)51-60)58-40-43-61-55(48-58)49-71(54-22-6-2-7-23-54)63-27-11-10-26-62(61)63/h1-51H. The Morgan fingerprint density at radius 2 is 0.741 bits per heavy atom. The van der Waals surface area contributed by atoms with Crippen LogP contribution in [-0.4, -0.2) is 4.57 Å². The minimum absolute atomic E-state index is 1.06. The molecule has 3 nitrogen and oxygen atoms in total. The highest BCUT2D eigenvalue weighted by Gasteiger charge is 2.26. The summed E-state index contributed by atoms with van der Waals surface area (Å²) in [5.74, 6) is 0. The number of anilines is 6. The van der Waals surface area contributed by atoms with Crippen molar-refractivity contribution in [3.63, 3.8) is 0 Å². The Morgan fingerprint density at radius 3 is 1.45 bits per heavy atom. The minimum atomic E-state index is 1.06. The molecule has 17 aromatic rings. The summed E-state index contributed by atoms with van der Waals surface area (Å²) in [6.45, 7) is 0. The number of hydrogen-bond donors (Lipinski definition) is 0. The fourth-order valence-electron chi connectivity index (χ4n) is 13.3. The summed E-state index contributed by atoms with van der Waals surface area (Å²) in [6.07, 6.45) is 0. The number of hydrogen-bond acceptors (Lipinski definition) is 4. The number of rotatable bonds is 10. The highest BCUT2D eigenvalue weighted by Crippen LogP contribution is 2.51. The van der Waals surface area contributed by atoms with E-state index in [1.54, 1.807) is 0 Å². The Bertz CT molecular complexity index is 5430. The first-order chi connectivity index (χ1) is 42.2. The fraction of sp³-hybridized carbons (Fsp3) is 0. The van der Waals surface area contributed by atoms with Gasteiger partial charge < -0.3 is 14.4 Å². The van der Waals surface area contributed by atoms with Crippen LogP contribution in [0.5, 0.6) is 0 Å². The van der Waals surface area contributed by atoms with Gasteiger partial charge in [-0.25, -0.2) is 0 Å². The molecule has 0 saturated heterocycles. The van der Waals surface area contributed by atoms with Gasteiger partial charge in [-0.15, -0.1) is 22.7 Å². The van der Waals surface area contributed by atoms with E-state index in [0.29, 0.717) is 0 Å². The highest BCUT2D eigenvalue weighted by atomic mass is 32.1. The topological polar surface area (TPSA) is 11.4 Å². The SMILES string of the molecule is c1ccc(-c2ccc(N(c3ccc4c5c6sc7ccccc7c6ccc5n(-c5ccccc5)c4c3)c3ccccc3-c3ccccc3N(c3ccc4c(c3)cc(-c3ccccc3)c3ccccc34)c3ccc4c(c3)sc3ccccc34)cc2)cc1. The monoisotopic (exact) mass is 1120 g/mol. The Kier molecular flexibility index (Phi) is 11.6. The van der Waals surface area contributed by atoms with Gasteiger partial charge in [0, 0.05) is 90.7 Å². The number of aromatic nitrogens is 1. The van der Waals surface area contributed by atoms with Crippen molar-refractivity contribution in [1.29, 1.82) is 0 Å². The van der Waals surface area contributed by atoms with Crippen LogP contribution in [0.3, 0.4) is 0 Å². The summed E-state index contributed by atoms with van der Waals surface area (Å²) >= 11 is 3.75. The molecule has 3 heterocycles. The second kappa shape index (κ2) is 20.1. The van der Waals surface area contributed by atoms with Gasteiger partial charge in [0.2, 0.25) is 0 Å². The van der Waals surface area contributed by atoms with Crippen molar-refractivity contribution in [2.75, 3.05) is 9.80 Å². The quantitative estimate of drug-likeness (QED) is 0.126. The van der Waals surface area contributed by atoms with Gasteiger partial charge in [0.1, 0.15) is 0 Å². The van der Waals surface area contributed by atoms with Gasteiger partial charge in [0.05, 0.1) is 22.4 Å². The molecule has 3 aromatic heterocycles. The summed E-state index contributed by atoms with van der Waals surface area (Å²) in [5.41, 5.74) is 16.9. The van der Waals surface area contributed by atoms with Crippen molar-refractivity contribution in [3.05, 3.63) is 309 Å². The summed E-state index contributed by atoms with van der Waals surface area (Å²) in [7, 11) is 0. The van der Waals surface area contributed by atoms with Gasteiger partial charge >= 0.3 is 0 Å². The number of benzene rings is 14. The molecule has 85 heavy (non-hydrogen) atoms. The van der Waals surface area contributed by atoms with Gasteiger partial charge in [-0.05, 0) is 141 Å². The maximum atomic E-state index is 2.49.